The van der Waals surface area contributed by atoms with E-state index in [-0.39, 0.29) is 0 Å². The van der Waals surface area contributed by atoms with E-state index in [1.807, 2.05) is 10.9 Å². The van der Waals surface area contributed by atoms with Crippen molar-refractivity contribution in [3.05, 3.63) is 6.20 Å². The number of ether oxygens (including phenoxy) is 1. The van der Waals surface area contributed by atoms with Crippen LogP contribution in [0.1, 0.15) is 0 Å². The first kappa shape index (κ1) is 14.6. The summed E-state index contributed by atoms with van der Waals surface area (Å²) in [5.74, 6) is 0. The van der Waals surface area contributed by atoms with Gasteiger partial charge < -0.3 is 4.74 Å². The molecule has 0 radical (unpaired) electrons. The summed E-state index contributed by atoms with van der Waals surface area (Å²) >= 11 is 0. The van der Waals surface area contributed by atoms with Gasteiger partial charge in [0.25, 0.3) is 0 Å². The first-order valence-electron chi connectivity index (χ1n) is 6.17. The standard InChI is InChI=1S/C11H25N3OSi2/c1-16(2,3)8-7-15-10-14-11(9-12-13-14)17(4,5)6/h9H,7-8,10H2,1-6H3. The molecule has 6 heteroatoms. The van der Waals surface area contributed by atoms with Crippen LogP contribution in [0.3, 0.4) is 0 Å². The van der Waals surface area contributed by atoms with Gasteiger partial charge in [-0.3, -0.25) is 0 Å². The van der Waals surface area contributed by atoms with Crippen LogP contribution < -0.4 is 5.32 Å². The molecule has 0 aliphatic carbocycles. The molecule has 4 nitrogen and oxygen atoms in total. The van der Waals surface area contributed by atoms with Crippen LogP contribution in [-0.4, -0.2) is 37.7 Å². The fourth-order valence-electron chi connectivity index (χ4n) is 1.46. The Labute approximate surface area is 106 Å². The van der Waals surface area contributed by atoms with E-state index >= 15 is 0 Å². The van der Waals surface area contributed by atoms with Gasteiger partial charge in [-0.25, -0.2) is 4.68 Å². The van der Waals surface area contributed by atoms with Crippen LogP contribution in [0.15, 0.2) is 6.20 Å². The fourth-order valence-corrected chi connectivity index (χ4v) is 3.55. The number of rotatable bonds is 6. The highest BCUT2D eigenvalue weighted by Crippen LogP contribution is 2.08. The number of aromatic nitrogens is 3. The van der Waals surface area contributed by atoms with Crippen molar-refractivity contribution in [1.82, 2.24) is 15.0 Å². The normalized spacial score (nSPS) is 13.1. The minimum absolute atomic E-state index is 0.546. The van der Waals surface area contributed by atoms with Gasteiger partial charge in [-0.05, 0) is 6.04 Å². The highest BCUT2D eigenvalue weighted by molar-refractivity contribution is 6.88. The fraction of sp³-hybridized carbons (Fsp3) is 0.818. The summed E-state index contributed by atoms with van der Waals surface area (Å²) in [6.07, 6.45) is 1.88. The van der Waals surface area contributed by atoms with Crippen LogP contribution in [0, 0.1) is 0 Å². The summed E-state index contributed by atoms with van der Waals surface area (Å²) < 4.78 is 7.62. The maximum Gasteiger partial charge on any atom is 0.140 e. The Morgan fingerprint density at radius 2 is 1.82 bits per heavy atom. The molecule has 17 heavy (non-hydrogen) atoms. The third-order valence-electron chi connectivity index (χ3n) is 2.60. The second kappa shape index (κ2) is 5.45. The van der Waals surface area contributed by atoms with Gasteiger partial charge in [0, 0.05) is 20.0 Å². The van der Waals surface area contributed by atoms with Crippen molar-refractivity contribution in [3.63, 3.8) is 0 Å². The Morgan fingerprint density at radius 1 is 1.18 bits per heavy atom. The molecule has 0 atom stereocenters. The monoisotopic (exact) mass is 271 g/mol. The van der Waals surface area contributed by atoms with Crippen molar-refractivity contribution in [1.29, 1.82) is 0 Å². The van der Waals surface area contributed by atoms with E-state index < -0.39 is 16.1 Å². The minimum atomic E-state index is -1.36. The minimum Gasteiger partial charge on any atom is -0.359 e. The van der Waals surface area contributed by atoms with Gasteiger partial charge in [-0.2, -0.15) is 0 Å². The van der Waals surface area contributed by atoms with E-state index in [2.05, 4.69) is 49.6 Å². The summed E-state index contributed by atoms with van der Waals surface area (Å²) in [6.45, 7) is 15.3. The van der Waals surface area contributed by atoms with Crippen LogP contribution in [0.5, 0.6) is 0 Å². The maximum absolute atomic E-state index is 5.71. The molecular weight excluding hydrogens is 246 g/mol. The van der Waals surface area contributed by atoms with Crippen molar-refractivity contribution in [3.8, 4) is 0 Å². The van der Waals surface area contributed by atoms with Gasteiger partial charge in [0.1, 0.15) is 14.8 Å². The van der Waals surface area contributed by atoms with Crippen LogP contribution >= 0.6 is 0 Å². The smallest absolute Gasteiger partial charge is 0.140 e. The Bertz CT molecular complexity index is 352. The van der Waals surface area contributed by atoms with Crippen LogP contribution in [0.25, 0.3) is 0 Å². The van der Waals surface area contributed by atoms with Crippen molar-refractivity contribution in [2.24, 2.45) is 0 Å². The first-order chi connectivity index (χ1) is 7.70. The molecule has 0 N–H and O–H groups in total. The Balaban J connectivity index is 2.45. The summed E-state index contributed by atoms with van der Waals surface area (Å²) in [4.78, 5) is 0. The largest absolute Gasteiger partial charge is 0.359 e. The van der Waals surface area contributed by atoms with Gasteiger partial charge in [-0.1, -0.05) is 44.5 Å². The summed E-state index contributed by atoms with van der Waals surface area (Å²) in [6, 6.07) is 1.20. The van der Waals surface area contributed by atoms with E-state index in [0.29, 0.717) is 6.73 Å². The summed E-state index contributed by atoms with van der Waals surface area (Å²) in [5.41, 5.74) is 0. The molecule has 1 heterocycles. The molecule has 0 saturated carbocycles. The number of hydrogen-bond donors (Lipinski definition) is 0. The Kier molecular flexibility index (Phi) is 4.68. The quantitative estimate of drug-likeness (QED) is 0.588. The molecule has 98 valence electrons. The summed E-state index contributed by atoms with van der Waals surface area (Å²) in [5, 5.41) is 9.35. The predicted molar refractivity (Wildman–Crippen MR) is 77.1 cm³/mol. The van der Waals surface area contributed by atoms with E-state index in [4.69, 9.17) is 4.74 Å². The molecule has 0 saturated heterocycles. The SMILES string of the molecule is C[Si](C)(C)CCOCn1nncc1[Si](C)(C)C. The highest BCUT2D eigenvalue weighted by atomic mass is 28.3. The van der Waals surface area contributed by atoms with Crippen LogP contribution in [0.2, 0.25) is 45.3 Å². The van der Waals surface area contributed by atoms with Crippen LogP contribution in [0.4, 0.5) is 0 Å². The third-order valence-corrected chi connectivity index (χ3v) is 6.22. The lowest BCUT2D eigenvalue weighted by atomic mass is 10.8. The second-order valence-corrected chi connectivity index (χ2v) is 17.4. The van der Waals surface area contributed by atoms with E-state index in [0.717, 1.165) is 6.61 Å². The number of hydrogen-bond acceptors (Lipinski definition) is 3. The molecule has 0 fully saturated rings. The molecule has 1 aromatic heterocycles. The van der Waals surface area contributed by atoms with E-state index in [9.17, 15) is 0 Å². The van der Waals surface area contributed by atoms with Gasteiger partial charge in [0.15, 0.2) is 0 Å². The van der Waals surface area contributed by atoms with E-state index in [1.54, 1.807) is 0 Å². The van der Waals surface area contributed by atoms with Gasteiger partial charge >= 0.3 is 0 Å². The second-order valence-electron chi connectivity index (χ2n) is 6.72. The average Bonchev–Trinajstić information content (AvgIpc) is 2.58. The molecular formula is C11H25N3OSi2. The molecule has 0 aliphatic heterocycles. The zero-order valence-corrected chi connectivity index (χ0v) is 13.9. The van der Waals surface area contributed by atoms with Crippen molar-refractivity contribution < 1.29 is 4.74 Å². The molecule has 0 aliphatic rings. The van der Waals surface area contributed by atoms with Crippen LogP contribution in [-0.2, 0) is 11.5 Å². The molecule has 1 aromatic rings. The maximum atomic E-state index is 5.71. The van der Waals surface area contributed by atoms with Gasteiger partial charge in [0.05, 0.1) is 6.20 Å². The highest BCUT2D eigenvalue weighted by Gasteiger charge is 2.22. The van der Waals surface area contributed by atoms with Crippen molar-refractivity contribution >= 4 is 21.5 Å². The zero-order chi connectivity index (χ0) is 13.1. The van der Waals surface area contributed by atoms with Crippen molar-refractivity contribution in [2.45, 2.75) is 52.1 Å². The topological polar surface area (TPSA) is 39.9 Å². The van der Waals surface area contributed by atoms with E-state index in [1.165, 1.54) is 11.4 Å². The molecule has 0 bridgehead atoms. The molecule has 0 unspecified atom stereocenters. The first-order valence-corrected chi connectivity index (χ1v) is 13.4. The summed E-state index contributed by atoms with van der Waals surface area (Å²) in [7, 11) is -2.35. The molecule has 0 spiro atoms. The lowest BCUT2D eigenvalue weighted by Crippen LogP contribution is -2.43. The number of nitrogens with zero attached hydrogens (tertiary/aromatic N) is 3. The predicted octanol–water partition coefficient (Wildman–Crippen LogP) is 2.14. The molecule has 0 aromatic carbocycles. The average molecular weight is 272 g/mol. The zero-order valence-electron chi connectivity index (χ0n) is 11.9. The lowest BCUT2D eigenvalue weighted by Gasteiger charge is -2.18. The molecule has 0 amide bonds. The Morgan fingerprint density at radius 3 is 2.35 bits per heavy atom. The molecule has 1 rings (SSSR count). The third kappa shape index (κ3) is 5.14. The van der Waals surface area contributed by atoms with Crippen molar-refractivity contribution in [2.75, 3.05) is 6.61 Å². The van der Waals surface area contributed by atoms with Gasteiger partial charge in [0.2, 0.25) is 0 Å². The Hall–Kier alpha value is -0.466. The van der Waals surface area contributed by atoms with Gasteiger partial charge in [-0.15, -0.1) is 5.10 Å². The lowest BCUT2D eigenvalue weighted by molar-refractivity contribution is 0.0792.